The molecule has 0 bridgehead atoms. The van der Waals surface area contributed by atoms with Crippen LogP contribution in [0.25, 0.3) is 11.3 Å². The number of aromatic amines is 1. The molecule has 1 atom stereocenters. The molecule has 2 heterocycles. The van der Waals surface area contributed by atoms with Gasteiger partial charge in [-0.15, -0.1) is 0 Å². The summed E-state index contributed by atoms with van der Waals surface area (Å²) in [5.41, 5.74) is 7.12. The lowest BCUT2D eigenvalue weighted by Crippen LogP contribution is -2.46. The van der Waals surface area contributed by atoms with Crippen LogP contribution in [-0.4, -0.2) is 47.0 Å². The van der Waals surface area contributed by atoms with E-state index in [4.69, 9.17) is 4.74 Å². The molecular formula is C26H33N3O2. The van der Waals surface area contributed by atoms with Crippen LogP contribution >= 0.6 is 0 Å². The number of nitrogens with zero attached hydrogens (tertiary/aromatic N) is 2. The number of hydrogen-bond donors (Lipinski definition) is 2. The number of rotatable bonds is 7. The third-order valence-corrected chi connectivity index (χ3v) is 6.56. The number of aliphatic hydroxyl groups excluding tert-OH is 1. The van der Waals surface area contributed by atoms with Gasteiger partial charge in [0.15, 0.2) is 0 Å². The largest absolute Gasteiger partial charge is 0.497 e. The van der Waals surface area contributed by atoms with Crippen LogP contribution in [0.4, 0.5) is 0 Å². The molecule has 0 spiro atoms. The second kappa shape index (κ2) is 9.25. The highest BCUT2D eigenvalue weighted by Gasteiger charge is 2.35. The summed E-state index contributed by atoms with van der Waals surface area (Å²) in [6.45, 7) is 7.20. The van der Waals surface area contributed by atoms with Gasteiger partial charge in [-0.05, 0) is 69.0 Å². The average Bonchev–Trinajstić information content (AvgIpc) is 3.23. The number of hydrogen-bond acceptors (Lipinski definition) is 4. The van der Waals surface area contributed by atoms with E-state index in [0.29, 0.717) is 0 Å². The van der Waals surface area contributed by atoms with Crippen LogP contribution in [0.15, 0.2) is 48.7 Å². The van der Waals surface area contributed by atoms with Gasteiger partial charge in [0.05, 0.1) is 25.6 Å². The monoisotopic (exact) mass is 419 g/mol. The lowest BCUT2D eigenvalue weighted by molar-refractivity contribution is 0.0289. The zero-order chi connectivity index (χ0) is 21.8. The number of aliphatic hydroxyl groups is 1. The lowest BCUT2D eigenvalue weighted by atomic mass is 9.75. The van der Waals surface area contributed by atoms with E-state index in [1.165, 1.54) is 27.8 Å². The lowest BCUT2D eigenvalue weighted by Gasteiger charge is -2.42. The molecule has 1 aliphatic rings. The normalized spacial score (nSPS) is 19.5. The average molecular weight is 420 g/mol. The first-order chi connectivity index (χ1) is 15.0. The molecule has 1 aliphatic heterocycles. The predicted molar refractivity (Wildman–Crippen MR) is 124 cm³/mol. The van der Waals surface area contributed by atoms with E-state index >= 15 is 0 Å². The summed E-state index contributed by atoms with van der Waals surface area (Å²) in [6, 6.07) is 14.8. The Balaban J connectivity index is 1.53. The predicted octanol–water partition coefficient (Wildman–Crippen LogP) is 4.52. The Labute approximate surface area is 185 Å². The quantitative estimate of drug-likeness (QED) is 0.591. The summed E-state index contributed by atoms with van der Waals surface area (Å²) in [4.78, 5) is 2.47. The van der Waals surface area contributed by atoms with E-state index in [9.17, 15) is 5.11 Å². The van der Waals surface area contributed by atoms with Gasteiger partial charge in [-0.2, -0.15) is 5.10 Å². The molecule has 164 valence electrons. The Hall–Kier alpha value is -2.63. The van der Waals surface area contributed by atoms with Crippen LogP contribution < -0.4 is 4.74 Å². The molecule has 2 N–H and O–H groups in total. The number of aromatic nitrogens is 2. The Bertz CT molecular complexity index is 1030. The molecule has 2 aromatic carbocycles. The molecule has 0 saturated carbocycles. The van der Waals surface area contributed by atoms with Crippen LogP contribution in [-0.2, 0) is 13.0 Å². The summed E-state index contributed by atoms with van der Waals surface area (Å²) in [6.07, 6.45) is 4.93. The van der Waals surface area contributed by atoms with E-state index in [0.717, 1.165) is 50.3 Å². The van der Waals surface area contributed by atoms with Gasteiger partial charge in [-0.3, -0.25) is 10.00 Å². The van der Waals surface area contributed by atoms with Gasteiger partial charge in [0.25, 0.3) is 0 Å². The molecule has 4 rings (SSSR count). The number of likely N-dealkylation sites (tertiary alicyclic amines) is 1. The smallest absolute Gasteiger partial charge is 0.119 e. The fraction of sp³-hybridized carbons (Fsp3) is 0.423. The van der Waals surface area contributed by atoms with Crippen molar-refractivity contribution in [1.29, 1.82) is 0 Å². The maximum atomic E-state index is 10.4. The van der Waals surface area contributed by atoms with E-state index in [1.807, 2.05) is 18.3 Å². The fourth-order valence-electron chi connectivity index (χ4n) is 4.90. The van der Waals surface area contributed by atoms with Gasteiger partial charge in [0, 0.05) is 29.6 Å². The Morgan fingerprint density at radius 3 is 2.87 bits per heavy atom. The van der Waals surface area contributed by atoms with Crippen molar-refractivity contribution >= 4 is 0 Å². The van der Waals surface area contributed by atoms with Crippen molar-refractivity contribution in [2.45, 2.75) is 39.7 Å². The number of piperidine rings is 1. The molecule has 1 saturated heterocycles. The number of methoxy groups -OCH3 is 1. The van der Waals surface area contributed by atoms with Crippen molar-refractivity contribution in [3.8, 4) is 17.0 Å². The number of nitrogens with one attached hydrogen (secondary N) is 1. The van der Waals surface area contributed by atoms with Crippen LogP contribution in [0.5, 0.6) is 5.75 Å². The van der Waals surface area contributed by atoms with Gasteiger partial charge in [0.1, 0.15) is 5.75 Å². The zero-order valence-corrected chi connectivity index (χ0v) is 18.8. The van der Waals surface area contributed by atoms with E-state index in [-0.39, 0.29) is 12.0 Å². The van der Waals surface area contributed by atoms with Crippen LogP contribution in [0, 0.1) is 19.3 Å². The Morgan fingerprint density at radius 1 is 1.19 bits per heavy atom. The SMILES string of the molecule is COc1cccc(C[C@@]2(CO)CCCN(Cc3cn[nH]c3-c3cc(C)ccc3C)C2)c1. The maximum Gasteiger partial charge on any atom is 0.119 e. The molecule has 0 aliphatic carbocycles. The standard InChI is InChI=1S/C26H33N3O2/c1-19-8-9-20(2)24(12-19)25-22(15-27-28-25)16-29-11-5-10-26(17-29,18-30)14-21-6-4-7-23(13-21)31-3/h4,6-9,12-13,15,30H,5,10-11,14,16-18H2,1-3H3,(H,27,28)/t26-/m0/s1. The molecule has 5 heteroatoms. The van der Waals surface area contributed by atoms with E-state index in [1.54, 1.807) is 7.11 Å². The minimum Gasteiger partial charge on any atom is -0.497 e. The van der Waals surface area contributed by atoms with Crippen LogP contribution in [0.1, 0.15) is 35.1 Å². The summed E-state index contributed by atoms with van der Waals surface area (Å²) < 4.78 is 5.39. The minimum absolute atomic E-state index is 0.131. The van der Waals surface area contributed by atoms with Gasteiger partial charge in [0.2, 0.25) is 0 Å². The molecule has 5 nitrogen and oxygen atoms in total. The molecule has 0 radical (unpaired) electrons. The van der Waals surface area contributed by atoms with E-state index < -0.39 is 0 Å². The Morgan fingerprint density at radius 2 is 2.06 bits per heavy atom. The summed E-state index contributed by atoms with van der Waals surface area (Å²) >= 11 is 0. The molecule has 3 aromatic rings. The fourth-order valence-corrected chi connectivity index (χ4v) is 4.90. The zero-order valence-electron chi connectivity index (χ0n) is 18.8. The summed E-state index contributed by atoms with van der Waals surface area (Å²) in [5, 5.41) is 18.0. The highest BCUT2D eigenvalue weighted by atomic mass is 16.5. The molecule has 1 fully saturated rings. The third kappa shape index (κ3) is 4.83. The Kier molecular flexibility index (Phi) is 6.44. The van der Waals surface area contributed by atoms with Crippen LogP contribution in [0.2, 0.25) is 0 Å². The highest BCUT2D eigenvalue weighted by Crippen LogP contribution is 2.35. The van der Waals surface area contributed by atoms with Crippen LogP contribution in [0.3, 0.4) is 0 Å². The number of aryl methyl sites for hydroxylation is 2. The molecule has 31 heavy (non-hydrogen) atoms. The van der Waals surface area contributed by atoms with Crippen molar-refractivity contribution < 1.29 is 9.84 Å². The van der Waals surface area contributed by atoms with Gasteiger partial charge in [-0.1, -0.05) is 29.8 Å². The number of H-pyrrole nitrogens is 1. The van der Waals surface area contributed by atoms with Crippen molar-refractivity contribution in [3.05, 3.63) is 70.9 Å². The molecular weight excluding hydrogens is 386 g/mol. The van der Waals surface area contributed by atoms with Crippen molar-refractivity contribution in [3.63, 3.8) is 0 Å². The van der Waals surface area contributed by atoms with Gasteiger partial charge >= 0.3 is 0 Å². The summed E-state index contributed by atoms with van der Waals surface area (Å²) in [7, 11) is 1.70. The highest BCUT2D eigenvalue weighted by molar-refractivity contribution is 5.67. The third-order valence-electron chi connectivity index (χ3n) is 6.56. The molecule has 0 amide bonds. The topological polar surface area (TPSA) is 61.4 Å². The molecule has 0 unspecified atom stereocenters. The van der Waals surface area contributed by atoms with Crippen molar-refractivity contribution in [2.24, 2.45) is 5.41 Å². The first-order valence-electron chi connectivity index (χ1n) is 11.1. The molecule has 1 aromatic heterocycles. The van der Waals surface area contributed by atoms with Crippen molar-refractivity contribution in [1.82, 2.24) is 15.1 Å². The van der Waals surface area contributed by atoms with Crippen molar-refractivity contribution in [2.75, 3.05) is 26.8 Å². The minimum atomic E-state index is -0.131. The number of benzene rings is 2. The maximum absolute atomic E-state index is 10.4. The summed E-state index contributed by atoms with van der Waals surface area (Å²) in [5.74, 6) is 0.870. The van der Waals surface area contributed by atoms with Gasteiger partial charge < -0.3 is 9.84 Å². The van der Waals surface area contributed by atoms with E-state index in [2.05, 4.69) is 59.3 Å². The second-order valence-electron chi connectivity index (χ2n) is 9.09. The first-order valence-corrected chi connectivity index (χ1v) is 11.1. The first kappa shape index (κ1) is 21.6. The number of ether oxygens (including phenoxy) is 1. The second-order valence-corrected chi connectivity index (χ2v) is 9.09. The van der Waals surface area contributed by atoms with Gasteiger partial charge in [-0.25, -0.2) is 0 Å².